The lowest BCUT2D eigenvalue weighted by atomic mass is 9.73. The number of carboxylic acid groups (broad SMARTS) is 1. The van der Waals surface area contributed by atoms with Crippen molar-refractivity contribution in [1.29, 1.82) is 0 Å². The van der Waals surface area contributed by atoms with Gasteiger partial charge in [-0.25, -0.2) is 0 Å². The number of ether oxygens (including phenoxy) is 2. The molecule has 1 aliphatic rings. The largest absolute Gasteiger partial charge is 0.490 e. The van der Waals surface area contributed by atoms with Gasteiger partial charge >= 0.3 is 5.97 Å². The molecule has 6 nitrogen and oxygen atoms in total. The van der Waals surface area contributed by atoms with Crippen molar-refractivity contribution < 1.29 is 24.2 Å². The summed E-state index contributed by atoms with van der Waals surface area (Å²) < 4.78 is 11.1. The Morgan fingerprint density at radius 2 is 1.79 bits per heavy atom. The van der Waals surface area contributed by atoms with Gasteiger partial charge in [-0.3, -0.25) is 9.59 Å². The van der Waals surface area contributed by atoms with Crippen molar-refractivity contribution in [2.45, 2.75) is 39.7 Å². The highest BCUT2D eigenvalue weighted by atomic mass is 16.5. The van der Waals surface area contributed by atoms with Gasteiger partial charge in [0.1, 0.15) is 0 Å². The van der Waals surface area contributed by atoms with Gasteiger partial charge in [0.15, 0.2) is 11.5 Å². The van der Waals surface area contributed by atoms with E-state index in [0.29, 0.717) is 37.6 Å². The third kappa shape index (κ3) is 3.99. The van der Waals surface area contributed by atoms with Crippen molar-refractivity contribution in [3.8, 4) is 11.5 Å². The van der Waals surface area contributed by atoms with E-state index in [0.717, 1.165) is 5.56 Å². The Hall–Kier alpha value is -2.24. The molecular formula is C18H25NO5. The second kappa shape index (κ2) is 8.04. The number of hydrogen-bond donors (Lipinski definition) is 2. The molecule has 6 heteroatoms. The lowest BCUT2D eigenvalue weighted by Gasteiger charge is -2.33. The topological polar surface area (TPSA) is 84.9 Å². The molecule has 1 amide bonds. The Morgan fingerprint density at radius 1 is 1.17 bits per heavy atom. The number of benzene rings is 1. The monoisotopic (exact) mass is 335 g/mol. The van der Waals surface area contributed by atoms with Crippen LogP contribution in [-0.4, -0.2) is 30.2 Å². The SMILES string of the molecule is CCOc1ccc(C(C)NC(=O)C2CCC2C(=O)O)cc1OCC. The first kappa shape index (κ1) is 18.1. The molecule has 3 unspecified atom stereocenters. The standard InChI is InChI=1S/C18H25NO5/c1-4-23-15-9-6-12(10-16(15)24-5-2)11(3)19-17(20)13-7-8-14(13)18(21)22/h6,9-11,13-14H,4-5,7-8H2,1-3H3,(H,19,20)(H,21,22). The minimum atomic E-state index is -0.895. The van der Waals surface area contributed by atoms with Crippen molar-refractivity contribution in [3.63, 3.8) is 0 Å². The smallest absolute Gasteiger partial charge is 0.307 e. The van der Waals surface area contributed by atoms with Crippen molar-refractivity contribution in [2.75, 3.05) is 13.2 Å². The number of hydrogen-bond acceptors (Lipinski definition) is 4. The minimum Gasteiger partial charge on any atom is -0.490 e. The Balaban J connectivity index is 2.06. The molecule has 3 atom stereocenters. The van der Waals surface area contributed by atoms with Crippen LogP contribution < -0.4 is 14.8 Å². The van der Waals surface area contributed by atoms with Crippen LogP contribution in [0.2, 0.25) is 0 Å². The second-order valence-electron chi connectivity index (χ2n) is 5.93. The molecule has 1 fully saturated rings. The molecule has 1 saturated carbocycles. The predicted molar refractivity (Wildman–Crippen MR) is 89.2 cm³/mol. The molecule has 0 heterocycles. The molecule has 132 valence electrons. The number of aliphatic carboxylic acids is 1. The van der Waals surface area contributed by atoms with E-state index < -0.39 is 17.8 Å². The molecule has 0 radical (unpaired) electrons. The van der Waals surface area contributed by atoms with E-state index in [1.165, 1.54) is 0 Å². The molecule has 1 aromatic carbocycles. The Labute approximate surface area is 142 Å². The van der Waals surface area contributed by atoms with Crippen LogP contribution in [0.15, 0.2) is 18.2 Å². The minimum absolute atomic E-state index is 0.201. The van der Waals surface area contributed by atoms with Crippen molar-refractivity contribution in [1.82, 2.24) is 5.32 Å². The molecule has 2 rings (SSSR count). The van der Waals surface area contributed by atoms with E-state index in [1.807, 2.05) is 39.0 Å². The fraction of sp³-hybridized carbons (Fsp3) is 0.556. The van der Waals surface area contributed by atoms with Gasteiger partial charge in [0.2, 0.25) is 5.91 Å². The molecular weight excluding hydrogens is 310 g/mol. The Morgan fingerprint density at radius 3 is 2.33 bits per heavy atom. The lowest BCUT2D eigenvalue weighted by Crippen LogP contribution is -2.44. The lowest BCUT2D eigenvalue weighted by molar-refractivity contribution is -0.152. The van der Waals surface area contributed by atoms with Crippen LogP contribution in [0.1, 0.15) is 45.2 Å². The summed E-state index contributed by atoms with van der Waals surface area (Å²) in [5.41, 5.74) is 0.890. The van der Waals surface area contributed by atoms with Gasteiger partial charge in [0.25, 0.3) is 0 Å². The van der Waals surface area contributed by atoms with Crippen LogP contribution in [-0.2, 0) is 9.59 Å². The first-order valence-electron chi connectivity index (χ1n) is 8.40. The maximum absolute atomic E-state index is 12.3. The average Bonchev–Trinajstić information content (AvgIpc) is 2.47. The fourth-order valence-corrected chi connectivity index (χ4v) is 2.85. The predicted octanol–water partition coefficient (Wildman–Crippen LogP) is 2.77. The molecule has 0 saturated heterocycles. The Bertz CT molecular complexity index is 601. The van der Waals surface area contributed by atoms with Crippen molar-refractivity contribution in [3.05, 3.63) is 23.8 Å². The van der Waals surface area contributed by atoms with Crippen LogP contribution in [0.25, 0.3) is 0 Å². The van der Waals surface area contributed by atoms with E-state index in [9.17, 15) is 9.59 Å². The molecule has 0 aromatic heterocycles. The summed E-state index contributed by atoms with van der Waals surface area (Å²) in [5.74, 6) is -0.770. The summed E-state index contributed by atoms with van der Waals surface area (Å²) in [5, 5.41) is 12.0. The molecule has 0 bridgehead atoms. The van der Waals surface area contributed by atoms with Crippen LogP contribution >= 0.6 is 0 Å². The highest BCUT2D eigenvalue weighted by molar-refractivity contribution is 5.86. The van der Waals surface area contributed by atoms with E-state index in [1.54, 1.807) is 0 Å². The van der Waals surface area contributed by atoms with E-state index in [-0.39, 0.29) is 11.9 Å². The first-order chi connectivity index (χ1) is 11.5. The van der Waals surface area contributed by atoms with E-state index in [2.05, 4.69) is 5.32 Å². The molecule has 0 spiro atoms. The summed E-state index contributed by atoms with van der Waals surface area (Å²) in [7, 11) is 0. The Kier molecular flexibility index (Phi) is 6.06. The maximum Gasteiger partial charge on any atom is 0.307 e. The summed E-state index contributed by atoms with van der Waals surface area (Å²) in [4.78, 5) is 23.3. The van der Waals surface area contributed by atoms with Crippen molar-refractivity contribution in [2.24, 2.45) is 11.8 Å². The zero-order valence-corrected chi connectivity index (χ0v) is 14.4. The maximum atomic E-state index is 12.3. The number of rotatable bonds is 8. The van der Waals surface area contributed by atoms with Gasteiger partial charge in [0.05, 0.1) is 31.1 Å². The first-order valence-corrected chi connectivity index (χ1v) is 8.40. The van der Waals surface area contributed by atoms with Gasteiger partial charge in [-0.2, -0.15) is 0 Å². The third-order valence-corrected chi connectivity index (χ3v) is 4.35. The number of amides is 1. The van der Waals surface area contributed by atoms with Crippen LogP contribution in [0, 0.1) is 11.8 Å². The number of carbonyl (C=O) groups excluding carboxylic acids is 1. The van der Waals surface area contributed by atoms with Gasteiger partial charge in [-0.1, -0.05) is 6.07 Å². The van der Waals surface area contributed by atoms with E-state index >= 15 is 0 Å². The van der Waals surface area contributed by atoms with Crippen LogP contribution in [0.4, 0.5) is 0 Å². The zero-order valence-electron chi connectivity index (χ0n) is 14.4. The van der Waals surface area contributed by atoms with E-state index in [4.69, 9.17) is 14.6 Å². The number of nitrogens with one attached hydrogen (secondary N) is 1. The average molecular weight is 335 g/mol. The summed E-state index contributed by atoms with van der Waals surface area (Å²) in [6.45, 7) is 6.74. The summed E-state index contributed by atoms with van der Waals surface area (Å²) in [6, 6.07) is 5.33. The summed E-state index contributed by atoms with van der Waals surface area (Å²) in [6.07, 6.45) is 1.20. The van der Waals surface area contributed by atoms with Crippen molar-refractivity contribution >= 4 is 11.9 Å². The number of carboxylic acids is 1. The normalized spacial score (nSPS) is 20.6. The molecule has 0 aliphatic heterocycles. The molecule has 2 N–H and O–H groups in total. The molecule has 1 aliphatic carbocycles. The van der Waals surface area contributed by atoms with Crippen LogP contribution in [0.3, 0.4) is 0 Å². The third-order valence-electron chi connectivity index (χ3n) is 4.35. The molecule has 1 aromatic rings. The van der Waals surface area contributed by atoms with Gasteiger partial charge < -0.3 is 19.9 Å². The van der Waals surface area contributed by atoms with Gasteiger partial charge in [0, 0.05) is 0 Å². The highest BCUT2D eigenvalue weighted by Gasteiger charge is 2.41. The zero-order chi connectivity index (χ0) is 17.7. The fourth-order valence-electron chi connectivity index (χ4n) is 2.85. The second-order valence-corrected chi connectivity index (χ2v) is 5.93. The number of carbonyl (C=O) groups is 2. The van der Waals surface area contributed by atoms with Gasteiger partial charge in [-0.15, -0.1) is 0 Å². The quantitative estimate of drug-likeness (QED) is 0.763. The highest BCUT2D eigenvalue weighted by Crippen LogP contribution is 2.35. The molecule has 24 heavy (non-hydrogen) atoms. The summed E-state index contributed by atoms with van der Waals surface area (Å²) >= 11 is 0. The van der Waals surface area contributed by atoms with Gasteiger partial charge in [-0.05, 0) is 51.3 Å². The van der Waals surface area contributed by atoms with Crippen LogP contribution in [0.5, 0.6) is 11.5 Å².